The van der Waals surface area contributed by atoms with Gasteiger partial charge in [0.25, 0.3) is 0 Å². The number of methoxy groups -OCH3 is 1. The van der Waals surface area contributed by atoms with Crippen molar-refractivity contribution in [3.05, 3.63) is 0 Å². The van der Waals surface area contributed by atoms with Crippen molar-refractivity contribution in [1.29, 1.82) is 0 Å². The molecule has 0 aromatic rings. The Balaban J connectivity index is 2.19. The van der Waals surface area contributed by atoms with Gasteiger partial charge in [0.05, 0.1) is 12.1 Å². The number of hydrogen-bond donors (Lipinski definition) is 3. The molecule has 0 amide bonds. The van der Waals surface area contributed by atoms with Gasteiger partial charge in [-0.2, -0.15) is 0 Å². The predicted octanol–water partition coefficient (Wildman–Crippen LogP) is -0.270. The quantitative estimate of drug-likeness (QED) is 0.560. The first-order valence-corrected chi connectivity index (χ1v) is 7.63. The molecule has 0 spiro atoms. The van der Waals surface area contributed by atoms with E-state index in [2.05, 4.69) is 22.6 Å². The molecule has 2 aliphatic rings. The van der Waals surface area contributed by atoms with E-state index in [0.29, 0.717) is 6.54 Å². The van der Waals surface area contributed by atoms with Crippen molar-refractivity contribution in [3.8, 4) is 0 Å². The minimum atomic E-state index is -0.864. The second-order valence-corrected chi connectivity index (χ2v) is 5.84. The zero-order valence-corrected chi connectivity index (χ0v) is 12.9. The fourth-order valence-electron chi connectivity index (χ4n) is 3.59. The number of likely N-dealkylation sites (N-methyl/N-ethyl adjacent to an activating group) is 2. The average molecular weight is 287 g/mol. The molecule has 6 nitrogen and oxygen atoms in total. The van der Waals surface area contributed by atoms with Gasteiger partial charge in [-0.25, -0.2) is 0 Å². The maximum Gasteiger partial charge on any atom is 0.202 e. The summed E-state index contributed by atoms with van der Waals surface area (Å²) < 4.78 is 11.9. The van der Waals surface area contributed by atoms with E-state index in [4.69, 9.17) is 9.47 Å². The molecule has 20 heavy (non-hydrogen) atoms. The van der Waals surface area contributed by atoms with Crippen LogP contribution in [0.1, 0.15) is 25.7 Å². The maximum absolute atomic E-state index is 10.1. The van der Waals surface area contributed by atoms with Crippen molar-refractivity contribution in [2.75, 3.05) is 40.8 Å². The highest BCUT2D eigenvalue weighted by Crippen LogP contribution is 2.36. The monoisotopic (exact) mass is 287 g/mol. The van der Waals surface area contributed by atoms with E-state index in [1.807, 2.05) is 0 Å². The highest BCUT2D eigenvalue weighted by molar-refractivity contribution is 5.00. The molecule has 4 atom stereocenters. The van der Waals surface area contributed by atoms with Gasteiger partial charge in [0.1, 0.15) is 0 Å². The highest BCUT2D eigenvalue weighted by atomic mass is 16.7. The van der Waals surface area contributed by atoms with Crippen molar-refractivity contribution in [1.82, 2.24) is 15.5 Å². The van der Waals surface area contributed by atoms with Crippen LogP contribution in [-0.2, 0) is 9.47 Å². The largest absolute Gasteiger partial charge is 0.367 e. The fourth-order valence-corrected chi connectivity index (χ4v) is 3.59. The Morgan fingerprint density at radius 1 is 1.45 bits per heavy atom. The molecule has 0 radical (unpaired) electrons. The number of ether oxygens (including phenoxy) is 2. The molecule has 2 aliphatic heterocycles. The first-order chi connectivity index (χ1) is 9.64. The van der Waals surface area contributed by atoms with Gasteiger partial charge in [-0.15, -0.1) is 0 Å². The minimum Gasteiger partial charge on any atom is -0.367 e. The van der Waals surface area contributed by atoms with E-state index in [-0.39, 0.29) is 12.1 Å². The third-order valence-electron chi connectivity index (χ3n) is 4.55. The van der Waals surface area contributed by atoms with Crippen LogP contribution in [0.3, 0.4) is 0 Å². The second kappa shape index (κ2) is 7.15. The zero-order valence-electron chi connectivity index (χ0n) is 12.9. The molecule has 6 heteroatoms. The summed E-state index contributed by atoms with van der Waals surface area (Å²) in [7, 11) is 5.60. The number of nitrogens with zero attached hydrogens (tertiary/aromatic N) is 1. The van der Waals surface area contributed by atoms with Gasteiger partial charge in [0.15, 0.2) is 6.29 Å². The lowest BCUT2D eigenvalue weighted by atomic mass is 9.94. The molecule has 2 rings (SSSR count). The lowest BCUT2D eigenvalue weighted by Crippen LogP contribution is -2.63. The summed E-state index contributed by atoms with van der Waals surface area (Å²) >= 11 is 0. The molecule has 2 saturated heterocycles. The Bertz CT molecular complexity index is 299. The third kappa shape index (κ3) is 3.16. The summed E-state index contributed by atoms with van der Waals surface area (Å²) in [6, 6.07) is 0.305. The Labute approximate surface area is 121 Å². The number of likely N-dealkylation sites (tertiary alicyclic amines) is 1. The van der Waals surface area contributed by atoms with Crippen LogP contribution in [-0.4, -0.2) is 75.0 Å². The van der Waals surface area contributed by atoms with Gasteiger partial charge in [-0.05, 0) is 52.9 Å². The Morgan fingerprint density at radius 3 is 2.75 bits per heavy atom. The third-order valence-corrected chi connectivity index (χ3v) is 4.55. The molecule has 0 bridgehead atoms. The van der Waals surface area contributed by atoms with E-state index in [1.165, 1.54) is 0 Å². The van der Waals surface area contributed by atoms with Crippen LogP contribution >= 0.6 is 0 Å². The van der Waals surface area contributed by atoms with E-state index in [9.17, 15) is 5.11 Å². The van der Waals surface area contributed by atoms with Gasteiger partial charge >= 0.3 is 0 Å². The van der Waals surface area contributed by atoms with Crippen molar-refractivity contribution in [3.63, 3.8) is 0 Å². The van der Waals surface area contributed by atoms with Gasteiger partial charge in [0.2, 0.25) is 5.79 Å². The van der Waals surface area contributed by atoms with Crippen LogP contribution in [0.25, 0.3) is 0 Å². The van der Waals surface area contributed by atoms with Crippen LogP contribution in [0.2, 0.25) is 0 Å². The molecule has 2 fully saturated rings. The standard InChI is InChI=1S/C14H29N3O3/c1-15-10-13(18)20-14(19-3,11-6-4-8-16-11)12-7-5-9-17(12)2/h11-13,15-16,18H,4-10H2,1-3H3/t11-,12-,13?,14?/m1/s1. The van der Waals surface area contributed by atoms with Crippen molar-refractivity contribution >= 4 is 0 Å². The molecule has 0 aromatic carbocycles. The van der Waals surface area contributed by atoms with E-state index < -0.39 is 12.1 Å². The second-order valence-electron chi connectivity index (χ2n) is 5.84. The van der Waals surface area contributed by atoms with Crippen LogP contribution in [0.4, 0.5) is 0 Å². The molecular formula is C14H29N3O3. The SMILES string of the molecule is CNCC(O)OC(OC)([C@H]1CCCN1)[C@H]1CCCN1C. The molecule has 0 aliphatic carbocycles. The maximum atomic E-state index is 10.1. The number of rotatable bonds is 7. The van der Waals surface area contributed by atoms with Crippen LogP contribution in [0, 0.1) is 0 Å². The Hall–Kier alpha value is -0.240. The molecule has 2 heterocycles. The van der Waals surface area contributed by atoms with Gasteiger partial charge in [0, 0.05) is 13.7 Å². The predicted molar refractivity (Wildman–Crippen MR) is 77.4 cm³/mol. The lowest BCUT2D eigenvalue weighted by molar-refractivity contribution is -0.319. The summed E-state index contributed by atoms with van der Waals surface area (Å²) in [5.41, 5.74) is 0. The molecule has 118 valence electrons. The minimum absolute atomic E-state index is 0.129. The first kappa shape index (κ1) is 16.1. The van der Waals surface area contributed by atoms with E-state index >= 15 is 0 Å². The first-order valence-electron chi connectivity index (χ1n) is 7.63. The summed E-state index contributed by atoms with van der Waals surface area (Å²) in [4.78, 5) is 2.29. The summed E-state index contributed by atoms with van der Waals surface area (Å²) in [5.74, 6) is -0.780. The number of nitrogens with one attached hydrogen (secondary N) is 2. The van der Waals surface area contributed by atoms with E-state index in [1.54, 1.807) is 14.2 Å². The van der Waals surface area contributed by atoms with E-state index in [0.717, 1.165) is 38.8 Å². The molecule has 3 N–H and O–H groups in total. The molecule has 0 saturated carbocycles. The van der Waals surface area contributed by atoms with Gasteiger partial charge in [-0.3, -0.25) is 4.90 Å². The number of aliphatic hydroxyl groups is 1. The molecular weight excluding hydrogens is 258 g/mol. The van der Waals surface area contributed by atoms with Crippen molar-refractivity contribution in [2.45, 2.75) is 49.8 Å². The summed E-state index contributed by atoms with van der Waals surface area (Å²) in [6.07, 6.45) is 3.46. The normalized spacial score (nSPS) is 32.4. The topological polar surface area (TPSA) is 66.0 Å². The average Bonchev–Trinajstić information content (AvgIpc) is 3.08. The lowest BCUT2D eigenvalue weighted by Gasteiger charge is -2.45. The molecule has 2 unspecified atom stereocenters. The zero-order chi connectivity index (χ0) is 14.6. The van der Waals surface area contributed by atoms with Crippen molar-refractivity contribution in [2.24, 2.45) is 0 Å². The van der Waals surface area contributed by atoms with Crippen LogP contribution < -0.4 is 10.6 Å². The summed E-state index contributed by atoms with van der Waals surface area (Å²) in [5, 5.41) is 16.5. The van der Waals surface area contributed by atoms with Gasteiger partial charge < -0.3 is 25.2 Å². The van der Waals surface area contributed by atoms with Gasteiger partial charge in [-0.1, -0.05) is 0 Å². The smallest absolute Gasteiger partial charge is 0.202 e. The number of aliphatic hydroxyl groups excluding tert-OH is 1. The Morgan fingerprint density at radius 2 is 2.25 bits per heavy atom. The Kier molecular flexibility index (Phi) is 5.77. The van der Waals surface area contributed by atoms with Crippen LogP contribution in [0.15, 0.2) is 0 Å². The molecule has 0 aromatic heterocycles. The fraction of sp³-hybridized carbons (Fsp3) is 1.00. The summed E-state index contributed by atoms with van der Waals surface area (Å²) in [6.45, 7) is 2.43. The highest BCUT2D eigenvalue weighted by Gasteiger charge is 2.52. The van der Waals surface area contributed by atoms with Crippen molar-refractivity contribution < 1.29 is 14.6 Å². The van der Waals surface area contributed by atoms with Crippen LogP contribution in [0.5, 0.6) is 0 Å². The number of hydrogen-bond acceptors (Lipinski definition) is 6.